The largest absolute Gasteiger partial charge is 0.355 e. The molecule has 5 nitrogen and oxygen atoms in total. The van der Waals surface area contributed by atoms with E-state index in [9.17, 15) is 9.59 Å². The molecule has 2 heterocycles. The summed E-state index contributed by atoms with van der Waals surface area (Å²) in [6.07, 6.45) is 0.966. The molecule has 1 atom stereocenters. The summed E-state index contributed by atoms with van der Waals surface area (Å²) < 4.78 is 0.860. The molecule has 1 aliphatic heterocycles. The van der Waals surface area contributed by atoms with Gasteiger partial charge in [-0.15, -0.1) is 11.3 Å². The molecule has 1 aromatic carbocycles. The molecule has 1 N–H and O–H groups in total. The van der Waals surface area contributed by atoms with Gasteiger partial charge < -0.3 is 10.2 Å². The van der Waals surface area contributed by atoms with Crippen LogP contribution in [0.25, 0.3) is 0 Å². The Kier molecular flexibility index (Phi) is 5.30. The van der Waals surface area contributed by atoms with Gasteiger partial charge in [-0.25, -0.2) is 4.98 Å². The van der Waals surface area contributed by atoms with Crippen LogP contribution >= 0.6 is 27.3 Å². The second-order valence-electron chi connectivity index (χ2n) is 5.76. The van der Waals surface area contributed by atoms with Crippen LogP contribution in [0.4, 0.5) is 5.69 Å². The van der Waals surface area contributed by atoms with Crippen molar-refractivity contribution in [2.24, 2.45) is 5.92 Å². The Morgan fingerprint density at radius 3 is 2.96 bits per heavy atom. The SMILES string of the molecule is Cc1nc(CCNC(=O)[C@H]2CC(=O)N(c3ccccc3Br)C2)cs1. The minimum Gasteiger partial charge on any atom is -0.355 e. The summed E-state index contributed by atoms with van der Waals surface area (Å²) in [4.78, 5) is 30.6. The van der Waals surface area contributed by atoms with Gasteiger partial charge in [0.15, 0.2) is 0 Å². The quantitative estimate of drug-likeness (QED) is 0.828. The highest BCUT2D eigenvalue weighted by atomic mass is 79.9. The molecule has 1 saturated heterocycles. The van der Waals surface area contributed by atoms with Crippen LogP contribution in [0.5, 0.6) is 0 Å². The number of thiazole rings is 1. The van der Waals surface area contributed by atoms with Crippen LogP contribution in [0.2, 0.25) is 0 Å². The van der Waals surface area contributed by atoms with Gasteiger partial charge in [-0.3, -0.25) is 9.59 Å². The summed E-state index contributed by atoms with van der Waals surface area (Å²) in [6.45, 7) is 2.93. The second-order valence-corrected chi connectivity index (χ2v) is 7.67. The van der Waals surface area contributed by atoms with E-state index in [1.165, 1.54) is 0 Å². The van der Waals surface area contributed by atoms with Crippen molar-refractivity contribution in [1.29, 1.82) is 0 Å². The molecule has 0 bridgehead atoms. The number of hydrogen-bond acceptors (Lipinski definition) is 4. The minimum atomic E-state index is -0.304. The third kappa shape index (κ3) is 3.84. The molecule has 126 valence electrons. The second kappa shape index (κ2) is 7.44. The highest BCUT2D eigenvalue weighted by Gasteiger charge is 2.35. The van der Waals surface area contributed by atoms with Crippen molar-refractivity contribution in [3.63, 3.8) is 0 Å². The van der Waals surface area contributed by atoms with Crippen LogP contribution in [0.3, 0.4) is 0 Å². The Bertz CT molecular complexity index is 762. The summed E-state index contributed by atoms with van der Waals surface area (Å²) in [5.41, 5.74) is 1.81. The Hall–Kier alpha value is -1.73. The summed E-state index contributed by atoms with van der Waals surface area (Å²) in [7, 11) is 0. The average Bonchev–Trinajstić information content (AvgIpc) is 3.14. The number of aromatic nitrogens is 1. The minimum absolute atomic E-state index is 0.0165. The molecule has 0 saturated carbocycles. The first-order valence-corrected chi connectivity index (χ1v) is 9.45. The smallest absolute Gasteiger partial charge is 0.227 e. The van der Waals surface area contributed by atoms with E-state index in [-0.39, 0.29) is 24.2 Å². The van der Waals surface area contributed by atoms with Gasteiger partial charge in [-0.2, -0.15) is 0 Å². The van der Waals surface area contributed by atoms with Crippen molar-refractivity contribution in [3.8, 4) is 0 Å². The maximum Gasteiger partial charge on any atom is 0.227 e. The molecule has 1 aliphatic rings. The van der Waals surface area contributed by atoms with Crippen molar-refractivity contribution < 1.29 is 9.59 Å². The van der Waals surface area contributed by atoms with Crippen LogP contribution in [0, 0.1) is 12.8 Å². The van der Waals surface area contributed by atoms with Crippen molar-refractivity contribution in [2.45, 2.75) is 19.8 Å². The van der Waals surface area contributed by atoms with Crippen molar-refractivity contribution >= 4 is 44.8 Å². The molecule has 2 amide bonds. The predicted molar refractivity (Wildman–Crippen MR) is 98.2 cm³/mol. The third-order valence-corrected chi connectivity index (χ3v) is 5.48. The van der Waals surface area contributed by atoms with E-state index in [0.717, 1.165) is 20.9 Å². The highest BCUT2D eigenvalue weighted by molar-refractivity contribution is 9.10. The van der Waals surface area contributed by atoms with Crippen molar-refractivity contribution in [2.75, 3.05) is 18.0 Å². The molecule has 1 aromatic heterocycles. The van der Waals surface area contributed by atoms with E-state index in [2.05, 4.69) is 26.2 Å². The number of amides is 2. The van der Waals surface area contributed by atoms with E-state index in [1.54, 1.807) is 16.2 Å². The fourth-order valence-corrected chi connectivity index (χ4v) is 3.91. The van der Waals surface area contributed by atoms with Gasteiger partial charge in [0.1, 0.15) is 0 Å². The Labute approximate surface area is 153 Å². The van der Waals surface area contributed by atoms with Crippen LogP contribution in [0.1, 0.15) is 17.1 Å². The molecular weight excluding hydrogens is 390 g/mol. The molecule has 1 fully saturated rings. The standard InChI is InChI=1S/C17H18BrN3O2S/c1-11-20-13(10-24-11)6-7-19-17(23)12-8-16(22)21(9-12)15-5-3-2-4-14(15)18/h2-5,10,12H,6-9H2,1H3,(H,19,23)/t12-/m0/s1. The zero-order valence-electron chi connectivity index (χ0n) is 13.3. The molecular formula is C17H18BrN3O2S. The van der Waals surface area contributed by atoms with Crippen molar-refractivity contribution in [1.82, 2.24) is 10.3 Å². The summed E-state index contributed by atoms with van der Waals surface area (Å²) >= 11 is 5.07. The van der Waals surface area contributed by atoms with Gasteiger partial charge in [-0.1, -0.05) is 12.1 Å². The number of anilines is 1. The maximum atomic E-state index is 12.3. The number of hydrogen-bond donors (Lipinski definition) is 1. The lowest BCUT2D eigenvalue weighted by molar-refractivity contribution is -0.126. The van der Waals surface area contributed by atoms with Crippen LogP contribution < -0.4 is 10.2 Å². The van der Waals surface area contributed by atoms with Gasteiger partial charge in [0, 0.05) is 35.8 Å². The number of halogens is 1. The molecule has 0 unspecified atom stereocenters. The lowest BCUT2D eigenvalue weighted by Gasteiger charge is -2.18. The van der Waals surface area contributed by atoms with E-state index in [4.69, 9.17) is 0 Å². The zero-order valence-corrected chi connectivity index (χ0v) is 15.7. The van der Waals surface area contributed by atoms with Crippen LogP contribution in [-0.4, -0.2) is 29.9 Å². The summed E-state index contributed by atoms with van der Waals surface area (Å²) in [5, 5.41) is 5.96. The number of carbonyl (C=O) groups is 2. The fourth-order valence-electron chi connectivity index (χ4n) is 2.77. The van der Waals surface area contributed by atoms with Gasteiger partial charge in [0.05, 0.1) is 22.3 Å². The average molecular weight is 408 g/mol. The Morgan fingerprint density at radius 1 is 1.46 bits per heavy atom. The monoisotopic (exact) mass is 407 g/mol. The number of rotatable bonds is 5. The van der Waals surface area contributed by atoms with Gasteiger partial charge in [-0.05, 0) is 35.0 Å². The first kappa shape index (κ1) is 17.1. The number of carbonyl (C=O) groups excluding carboxylic acids is 2. The lowest BCUT2D eigenvalue weighted by Crippen LogP contribution is -2.34. The molecule has 0 spiro atoms. The Balaban J connectivity index is 1.55. The van der Waals surface area contributed by atoms with Crippen LogP contribution in [-0.2, 0) is 16.0 Å². The van der Waals surface area contributed by atoms with E-state index < -0.39 is 0 Å². The molecule has 0 aliphatic carbocycles. The van der Waals surface area contributed by atoms with Gasteiger partial charge in [0.2, 0.25) is 11.8 Å². The van der Waals surface area contributed by atoms with E-state index >= 15 is 0 Å². The fraction of sp³-hybridized carbons (Fsp3) is 0.353. The van der Waals surface area contributed by atoms with E-state index in [0.29, 0.717) is 19.5 Å². The summed E-state index contributed by atoms with van der Waals surface area (Å²) in [5.74, 6) is -0.385. The number of nitrogens with one attached hydrogen (secondary N) is 1. The lowest BCUT2D eigenvalue weighted by atomic mass is 10.1. The first-order valence-electron chi connectivity index (χ1n) is 7.78. The summed E-state index contributed by atoms with van der Waals surface area (Å²) in [6, 6.07) is 7.56. The van der Waals surface area contributed by atoms with Crippen molar-refractivity contribution in [3.05, 3.63) is 44.8 Å². The van der Waals surface area contributed by atoms with E-state index in [1.807, 2.05) is 36.6 Å². The number of nitrogens with zero attached hydrogens (tertiary/aromatic N) is 2. The Morgan fingerprint density at radius 2 is 2.25 bits per heavy atom. The first-order chi connectivity index (χ1) is 11.5. The number of benzene rings is 1. The van der Waals surface area contributed by atoms with Crippen LogP contribution in [0.15, 0.2) is 34.1 Å². The zero-order chi connectivity index (χ0) is 17.1. The topological polar surface area (TPSA) is 62.3 Å². The normalized spacial score (nSPS) is 17.3. The predicted octanol–water partition coefficient (Wildman–Crippen LogP) is 2.93. The van der Waals surface area contributed by atoms with Gasteiger partial charge in [0.25, 0.3) is 0 Å². The molecule has 24 heavy (non-hydrogen) atoms. The highest BCUT2D eigenvalue weighted by Crippen LogP contribution is 2.31. The van der Waals surface area contributed by atoms with Gasteiger partial charge >= 0.3 is 0 Å². The molecule has 2 aromatic rings. The third-order valence-electron chi connectivity index (χ3n) is 3.99. The molecule has 3 rings (SSSR count). The maximum absolute atomic E-state index is 12.3. The number of para-hydroxylation sites is 1. The number of aryl methyl sites for hydroxylation is 1. The molecule has 7 heteroatoms. The molecule has 0 radical (unpaired) electrons.